The highest BCUT2D eigenvalue weighted by Crippen LogP contribution is 2.61. The Morgan fingerprint density at radius 2 is 0.737 bits per heavy atom. The predicted molar refractivity (Wildman–Crippen MR) is 133 cm³/mol. The van der Waals surface area contributed by atoms with E-state index in [2.05, 4.69) is 0 Å². The van der Waals surface area contributed by atoms with E-state index in [1.165, 1.54) is 48.5 Å². The molecular formula is C28H32O10. The summed E-state index contributed by atoms with van der Waals surface area (Å²) in [5, 5.41) is 72.6. The summed E-state index contributed by atoms with van der Waals surface area (Å²) in [4.78, 5) is 52.9. The van der Waals surface area contributed by atoms with Gasteiger partial charge in [-0.1, -0.05) is 60.7 Å². The smallest absolute Gasteiger partial charge is 0.200 e. The maximum Gasteiger partial charge on any atom is 0.200 e. The van der Waals surface area contributed by atoms with Crippen molar-refractivity contribution in [3.63, 3.8) is 0 Å². The molecule has 6 N–H and O–H groups in total. The van der Waals surface area contributed by atoms with Gasteiger partial charge in [-0.05, 0) is 38.8 Å². The van der Waals surface area contributed by atoms with Crippen molar-refractivity contribution in [1.29, 1.82) is 0 Å². The van der Waals surface area contributed by atoms with Crippen LogP contribution < -0.4 is 0 Å². The number of hydrogen-bond donors (Lipinski definition) is 6. The lowest BCUT2D eigenvalue weighted by Crippen LogP contribution is -3.00. The molecule has 2 aromatic rings. The van der Waals surface area contributed by atoms with E-state index in [1.807, 2.05) is 0 Å². The van der Waals surface area contributed by atoms with Gasteiger partial charge in [0.2, 0.25) is 5.60 Å². The van der Waals surface area contributed by atoms with Crippen molar-refractivity contribution >= 4 is 23.1 Å². The molecule has 0 heterocycles. The first-order valence-corrected chi connectivity index (χ1v) is 11.9. The summed E-state index contributed by atoms with van der Waals surface area (Å²) < 4.78 is 0. The molecule has 0 radical (unpaired) electrons. The molecule has 0 bridgehead atoms. The number of rotatable bonds is 8. The van der Waals surface area contributed by atoms with Gasteiger partial charge in [0.1, 0.15) is 11.2 Å². The van der Waals surface area contributed by atoms with E-state index < -0.39 is 69.6 Å². The highest BCUT2D eigenvalue weighted by molar-refractivity contribution is 6.09. The molecule has 0 amide bonds. The summed E-state index contributed by atoms with van der Waals surface area (Å²) in [6.45, 7) is 2.64. The monoisotopic (exact) mass is 528 g/mol. The van der Waals surface area contributed by atoms with Gasteiger partial charge in [0, 0.05) is 12.8 Å². The molecule has 1 aliphatic rings. The van der Waals surface area contributed by atoms with E-state index in [0.717, 1.165) is 0 Å². The number of ketones is 4. The minimum Gasteiger partial charge on any atom is -0.382 e. The summed E-state index contributed by atoms with van der Waals surface area (Å²) in [5.41, 5.74) is -22.3. The third-order valence-electron chi connectivity index (χ3n) is 8.08. The Bertz CT molecular complexity index is 1200. The van der Waals surface area contributed by atoms with Crippen molar-refractivity contribution in [2.24, 2.45) is 0 Å². The lowest BCUT2D eigenvalue weighted by molar-refractivity contribution is -0.394. The molecule has 10 heteroatoms. The zero-order valence-electron chi connectivity index (χ0n) is 21.5. The largest absolute Gasteiger partial charge is 0.382 e. The van der Waals surface area contributed by atoms with Gasteiger partial charge in [-0.25, -0.2) is 0 Å². The topological polar surface area (TPSA) is 190 Å². The minimum absolute atomic E-state index is 0.107. The van der Waals surface area contributed by atoms with Crippen LogP contribution >= 0.6 is 0 Å². The van der Waals surface area contributed by atoms with E-state index >= 15 is 0 Å². The Labute approximate surface area is 219 Å². The molecule has 204 valence electrons. The standard InChI is InChI=1S/C28H32O10/c1-17(29)25(35)23(33,15-21-11-7-5-8-12-21)26(36,18(2)30)28(38,20(4)32)27(37,19(3)31)24(25,34)16-22-13-9-6-10-14-22/h5-14,33-38H,15-16H2,1-4H3/t23-,24-,25-,26+,27-,28-/m1/s1. The molecule has 1 fully saturated rings. The maximum atomic E-state index is 13.4. The van der Waals surface area contributed by atoms with E-state index in [1.54, 1.807) is 12.1 Å². The number of carbonyl (C=O) groups excluding carboxylic acids is 4. The van der Waals surface area contributed by atoms with Gasteiger partial charge in [-0.2, -0.15) is 0 Å². The van der Waals surface area contributed by atoms with Gasteiger partial charge in [0.05, 0.1) is 0 Å². The molecule has 1 aliphatic carbocycles. The van der Waals surface area contributed by atoms with Crippen molar-refractivity contribution in [3.05, 3.63) is 71.8 Å². The zero-order chi connectivity index (χ0) is 28.9. The Kier molecular flexibility index (Phi) is 7.18. The Morgan fingerprint density at radius 3 is 0.974 bits per heavy atom. The van der Waals surface area contributed by atoms with Crippen LogP contribution in [0.25, 0.3) is 0 Å². The molecule has 1 saturated carbocycles. The van der Waals surface area contributed by atoms with Crippen molar-refractivity contribution in [1.82, 2.24) is 0 Å². The predicted octanol–water partition coefficient (Wildman–Crippen LogP) is -0.772. The first-order chi connectivity index (χ1) is 17.4. The highest BCUT2D eigenvalue weighted by Gasteiger charge is 2.93. The summed E-state index contributed by atoms with van der Waals surface area (Å²) in [6, 6.07) is 14.8. The summed E-state index contributed by atoms with van der Waals surface area (Å²) in [5.74, 6) is -6.17. The van der Waals surface area contributed by atoms with Crippen LogP contribution in [-0.2, 0) is 32.0 Å². The average molecular weight is 529 g/mol. The zero-order valence-corrected chi connectivity index (χ0v) is 21.5. The Hall–Kier alpha value is -3.12. The molecule has 0 unspecified atom stereocenters. The fourth-order valence-electron chi connectivity index (χ4n) is 6.20. The van der Waals surface area contributed by atoms with Crippen LogP contribution in [-0.4, -0.2) is 87.4 Å². The van der Waals surface area contributed by atoms with Gasteiger partial charge >= 0.3 is 0 Å². The molecule has 3 rings (SSSR count). The second-order valence-corrected chi connectivity index (χ2v) is 10.1. The van der Waals surface area contributed by atoms with Crippen LogP contribution in [0, 0.1) is 0 Å². The highest BCUT2D eigenvalue weighted by atomic mass is 16.5. The summed E-state index contributed by atoms with van der Waals surface area (Å²) >= 11 is 0. The first-order valence-electron chi connectivity index (χ1n) is 11.9. The molecule has 38 heavy (non-hydrogen) atoms. The third kappa shape index (κ3) is 3.28. The normalized spacial score (nSPS) is 36.9. The number of Topliss-reactive ketones (excluding diaryl/α,β-unsaturated/α-hetero) is 4. The van der Waals surface area contributed by atoms with Crippen LogP contribution in [0.4, 0.5) is 0 Å². The first kappa shape index (κ1) is 29.4. The fraction of sp³-hybridized carbons (Fsp3) is 0.429. The number of benzene rings is 2. The lowest BCUT2D eigenvalue weighted by atomic mass is 9.40. The molecule has 6 atom stereocenters. The molecule has 0 saturated heterocycles. The van der Waals surface area contributed by atoms with E-state index in [-0.39, 0.29) is 11.1 Å². The third-order valence-corrected chi connectivity index (χ3v) is 8.08. The number of hydrogen-bond acceptors (Lipinski definition) is 10. The van der Waals surface area contributed by atoms with E-state index in [0.29, 0.717) is 27.7 Å². The molecule has 0 aromatic heterocycles. The van der Waals surface area contributed by atoms with Crippen molar-refractivity contribution < 1.29 is 49.8 Å². The lowest BCUT2D eigenvalue weighted by Gasteiger charge is -2.69. The second-order valence-electron chi connectivity index (χ2n) is 10.1. The van der Waals surface area contributed by atoms with Crippen LogP contribution in [0.5, 0.6) is 0 Å². The molecule has 0 aliphatic heterocycles. The van der Waals surface area contributed by atoms with Crippen LogP contribution in [0.2, 0.25) is 0 Å². The molecule has 2 aromatic carbocycles. The maximum absolute atomic E-state index is 13.4. The van der Waals surface area contributed by atoms with Crippen molar-refractivity contribution in [2.75, 3.05) is 0 Å². The number of carbonyl (C=O) groups is 4. The van der Waals surface area contributed by atoms with Gasteiger partial charge < -0.3 is 30.6 Å². The molecular weight excluding hydrogens is 496 g/mol. The van der Waals surface area contributed by atoms with E-state index in [9.17, 15) is 49.8 Å². The molecule has 10 nitrogen and oxygen atoms in total. The van der Waals surface area contributed by atoms with Gasteiger partial charge in [-0.15, -0.1) is 0 Å². The number of aliphatic hydroxyl groups is 6. The van der Waals surface area contributed by atoms with Crippen LogP contribution in [0.3, 0.4) is 0 Å². The minimum atomic E-state index is -3.94. The SMILES string of the molecule is CC(=O)[C@]1(O)[C@](O)(Cc2ccccc2)[C@](O)(C(C)=O)[C@@](O)(C(C)=O)[C@](O)(C(C)=O)[C@@]1(O)Cc1ccccc1. The molecule has 0 spiro atoms. The van der Waals surface area contributed by atoms with Crippen LogP contribution in [0.15, 0.2) is 60.7 Å². The summed E-state index contributed by atoms with van der Waals surface area (Å²) in [7, 11) is 0. The van der Waals surface area contributed by atoms with Gasteiger partial charge in [0.25, 0.3) is 0 Å². The Balaban J connectivity index is 2.63. The van der Waals surface area contributed by atoms with Gasteiger partial charge in [-0.3, -0.25) is 19.2 Å². The van der Waals surface area contributed by atoms with Crippen LogP contribution in [0.1, 0.15) is 38.8 Å². The average Bonchev–Trinajstić information content (AvgIpc) is 2.86. The van der Waals surface area contributed by atoms with E-state index in [4.69, 9.17) is 0 Å². The summed E-state index contributed by atoms with van der Waals surface area (Å²) in [6.07, 6.45) is -1.94. The van der Waals surface area contributed by atoms with Crippen molar-refractivity contribution in [2.45, 2.75) is 74.1 Å². The van der Waals surface area contributed by atoms with Gasteiger partial charge in [0.15, 0.2) is 39.9 Å². The quantitative estimate of drug-likeness (QED) is 0.254. The fourth-order valence-corrected chi connectivity index (χ4v) is 6.20. The Morgan fingerprint density at radius 1 is 0.474 bits per heavy atom. The second kappa shape index (κ2) is 9.26. The van der Waals surface area contributed by atoms with Crippen molar-refractivity contribution in [3.8, 4) is 0 Å².